The molecule has 1 aliphatic heterocycles. The Labute approximate surface area is 69.7 Å². The fourth-order valence-corrected chi connectivity index (χ4v) is 0.638. The summed E-state index contributed by atoms with van der Waals surface area (Å²) in [5.41, 5.74) is 0. The maximum Gasteiger partial charge on any atom is 0.0416 e. The smallest absolute Gasteiger partial charge is 0.0416 e. The van der Waals surface area contributed by atoms with Crippen molar-refractivity contribution in [1.29, 1.82) is 0 Å². The van der Waals surface area contributed by atoms with Crippen molar-refractivity contribution in [2.75, 3.05) is 26.2 Å². The lowest BCUT2D eigenvalue weighted by Crippen LogP contribution is -2.38. The molecule has 0 bridgehead atoms. The molecule has 2 nitrogen and oxygen atoms in total. The minimum atomic E-state index is 0.542. The van der Waals surface area contributed by atoms with Crippen LogP contribution in [0, 0.1) is 0 Å². The maximum absolute atomic E-state index is 12.0. The molecule has 1 rings (SSSR count). The minimum Gasteiger partial charge on any atom is -0.314 e. The predicted octanol–water partition coefficient (Wildman–Crippen LogP) is 1.83. The molecule has 0 aromatic heterocycles. The Balaban J connectivity index is 0. The molecule has 1 heterocycles. The summed E-state index contributed by atoms with van der Waals surface area (Å²) >= 11 is 0. The fourth-order valence-electron chi connectivity index (χ4n) is 0.638. The van der Waals surface area contributed by atoms with E-state index in [2.05, 4.69) is 5.32 Å². The third kappa shape index (κ3) is 9.85. The van der Waals surface area contributed by atoms with Gasteiger partial charge in [0, 0.05) is 26.2 Å². The van der Waals surface area contributed by atoms with Gasteiger partial charge in [0.25, 0.3) is 0 Å². The molecule has 70 valence electrons. The quantitative estimate of drug-likeness (QED) is 0.549. The van der Waals surface area contributed by atoms with Crippen LogP contribution >= 0.6 is 0 Å². The highest BCUT2D eigenvalue weighted by Gasteiger charge is 2.05. The van der Waals surface area contributed by atoms with Gasteiger partial charge in [0.05, 0.1) is 0 Å². The predicted molar refractivity (Wildman–Crippen MR) is 48.2 cm³/mol. The van der Waals surface area contributed by atoms with Crippen molar-refractivity contribution in [3.63, 3.8) is 0 Å². The average Bonchev–Trinajstić information content (AvgIpc) is 2.13. The number of rotatable bonds is 0. The zero-order valence-corrected chi connectivity index (χ0v) is 8.15. The second-order valence-corrected chi connectivity index (χ2v) is 1.66. The van der Waals surface area contributed by atoms with Gasteiger partial charge in [-0.3, -0.25) is 0 Å². The molecule has 11 heavy (non-hydrogen) atoms. The van der Waals surface area contributed by atoms with Gasteiger partial charge in [-0.25, -0.2) is 0 Å². The van der Waals surface area contributed by atoms with Crippen molar-refractivity contribution < 1.29 is 4.48 Å². The summed E-state index contributed by atoms with van der Waals surface area (Å²) in [6.45, 7) is 10.7. The van der Waals surface area contributed by atoms with Crippen LogP contribution in [0.3, 0.4) is 0 Å². The van der Waals surface area contributed by atoms with Crippen LogP contribution in [0.15, 0.2) is 0 Å². The molecule has 0 spiro atoms. The van der Waals surface area contributed by atoms with Gasteiger partial charge in [-0.1, -0.05) is 27.7 Å². The van der Waals surface area contributed by atoms with Crippen LogP contribution in [0.2, 0.25) is 0 Å². The zero-order valence-electron chi connectivity index (χ0n) is 8.15. The normalized spacial score (nSPS) is 17.2. The molecule has 1 fully saturated rings. The van der Waals surface area contributed by atoms with E-state index in [1.165, 1.54) is 0 Å². The number of nitrogens with zero attached hydrogens (tertiary/aromatic N) is 1. The topological polar surface area (TPSA) is 15.3 Å². The molecule has 0 unspecified atom stereocenters. The molecule has 0 amide bonds. The Morgan fingerprint density at radius 3 is 1.55 bits per heavy atom. The summed E-state index contributed by atoms with van der Waals surface area (Å²) in [6, 6.07) is 0. The summed E-state index contributed by atoms with van der Waals surface area (Å²) in [7, 11) is 0. The molecule has 1 aliphatic rings. The minimum absolute atomic E-state index is 0.542. The molecule has 1 N–H and O–H groups in total. The van der Waals surface area contributed by atoms with Gasteiger partial charge in [-0.2, -0.15) is 0 Å². The Morgan fingerprint density at radius 2 is 1.36 bits per heavy atom. The Hall–Kier alpha value is -0.150. The molecular weight excluding hydrogens is 143 g/mol. The zero-order chi connectivity index (χ0) is 9.11. The summed E-state index contributed by atoms with van der Waals surface area (Å²) in [6.07, 6.45) is 0. The largest absolute Gasteiger partial charge is 0.314 e. The summed E-state index contributed by atoms with van der Waals surface area (Å²) in [4.78, 5) is 0. The summed E-state index contributed by atoms with van der Waals surface area (Å²) in [5, 5.41) is 3.86. The molecular formula is C8H21FN2. The highest BCUT2D eigenvalue weighted by molar-refractivity contribution is 4.58. The standard InChI is InChI=1S/C4H9FN2.2C2H6/c5-7-3-1-6-2-4-7;2*1-2/h6H,1-4H2;2*1-2H3. The molecule has 0 aromatic rings. The lowest BCUT2D eigenvalue weighted by molar-refractivity contribution is 0.0135. The maximum atomic E-state index is 12.0. The van der Waals surface area contributed by atoms with E-state index in [4.69, 9.17) is 0 Å². The van der Waals surface area contributed by atoms with E-state index in [0.717, 1.165) is 18.2 Å². The van der Waals surface area contributed by atoms with E-state index >= 15 is 0 Å². The van der Waals surface area contributed by atoms with Crippen molar-refractivity contribution in [3.8, 4) is 0 Å². The second kappa shape index (κ2) is 12.5. The molecule has 0 aromatic carbocycles. The van der Waals surface area contributed by atoms with Crippen LogP contribution in [0.4, 0.5) is 4.48 Å². The van der Waals surface area contributed by atoms with Crippen molar-refractivity contribution in [2.24, 2.45) is 0 Å². The van der Waals surface area contributed by atoms with Crippen LogP contribution in [0.25, 0.3) is 0 Å². The first kappa shape index (κ1) is 13.4. The van der Waals surface area contributed by atoms with E-state index in [1.807, 2.05) is 27.7 Å². The van der Waals surface area contributed by atoms with Gasteiger partial charge >= 0.3 is 0 Å². The summed E-state index contributed by atoms with van der Waals surface area (Å²) in [5.74, 6) is 0. The first-order valence-corrected chi connectivity index (χ1v) is 4.51. The van der Waals surface area contributed by atoms with Gasteiger partial charge in [-0.15, -0.1) is 9.60 Å². The van der Waals surface area contributed by atoms with E-state index in [9.17, 15) is 4.48 Å². The number of nitrogens with one attached hydrogen (secondary N) is 1. The van der Waals surface area contributed by atoms with Crippen molar-refractivity contribution in [1.82, 2.24) is 10.4 Å². The van der Waals surface area contributed by atoms with Crippen LogP contribution < -0.4 is 5.32 Å². The fraction of sp³-hybridized carbons (Fsp3) is 1.00. The average molecular weight is 164 g/mol. The third-order valence-electron chi connectivity index (χ3n) is 1.06. The van der Waals surface area contributed by atoms with E-state index in [1.54, 1.807) is 0 Å². The molecule has 0 aliphatic carbocycles. The van der Waals surface area contributed by atoms with Crippen molar-refractivity contribution in [3.05, 3.63) is 0 Å². The first-order chi connectivity index (χ1) is 5.39. The van der Waals surface area contributed by atoms with Crippen LogP contribution in [0.5, 0.6) is 0 Å². The third-order valence-corrected chi connectivity index (χ3v) is 1.06. The lowest BCUT2D eigenvalue weighted by atomic mass is 10.4. The number of hydrogen-bond donors (Lipinski definition) is 1. The van der Waals surface area contributed by atoms with Crippen molar-refractivity contribution in [2.45, 2.75) is 27.7 Å². The van der Waals surface area contributed by atoms with Crippen LogP contribution in [-0.4, -0.2) is 31.3 Å². The van der Waals surface area contributed by atoms with E-state index in [-0.39, 0.29) is 0 Å². The molecule has 0 radical (unpaired) electrons. The lowest BCUT2D eigenvalue weighted by Gasteiger charge is -2.17. The van der Waals surface area contributed by atoms with E-state index < -0.39 is 0 Å². The second-order valence-electron chi connectivity index (χ2n) is 1.66. The highest BCUT2D eigenvalue weighted by Crippen LogP contribution is 1.88. The highest BCUT2D eigenvalue weighted by atomic mass is 19.2. The number of hydrogen-bond acceptors (Lipinski definition) is 2. The van der Waals surface area contributed by atoms with E-state index in [0.29, 0.717) is 13.1 Å². The van der Waals surface area contributed by atoms with Crippen LogP contribution in [0.1, 0.15) is 27.7 Å². The van der Waals surface area contributed by atoms with Crippen LogP contribution in [-0.2, 0) is 0 Å². The Morgan fingerprint density at radius 1 is 1.00 bits per heavy atom. The summed E-state index contributed by atoms with van der Waals surface area (Å²) < 4.78 is 12.0. The van der Waals surface area contributed by atoms with Gasteiger partial charge in [0.2, 0.25) is 0 Å². The SMILES string of the molecule is CC.CC.FN1CCNCC1. The van der Waals surface area contributed by atoms with Gasteiger partial charge in [-0.05, 0) is 0 Å². The molecule has 0 saturated carbocycles. The molecule has 0 atom stereocenters. The van der Waals surface area contributed by atoms with Gasteiger partial charge in [0.15, 0.2) is 0 Å². The monoisotopic (exact) mass is 164 g/mol. The van der Waals surface area contributed by atoms with Gasteiger partial charge in [0.1, 0.15) is 0 Å². The Bertz CT molecular complexity index is 54.1. The number of halogens is 1. The molecule has 3 heteroatoms. The molecule has 1 saturated heterocycles. The van der Waals surface area contributed by atoms with Crippen molar-refractivity contribution >= 4 is 0 Å². The van der Waals surface area contributed by atoms with Gasteiger partial charge < -0.3 is 5.32 Å². The Kier molecular flexibility index (Phi) is 15.3. The number of piperazine rings is 1. The first-order valence-electron chi connectivity index (χ1n) is 4.51.